The number of halogens is 1. The van der Waals surface area contributed by atoms with E-state index >= 15 is 0 Å². The second kappa shape index (κ2) is 6.30. The number of benzene rings is 1. The minimum absolute atomic E-state index is 0.454. The predicted molar refractivity (Wildman–Crippen MR) is 88.1 cm³/mol. The zero-order valence-corrected chi connectivity index (χ0v) is 14.0. The van der Waals surface area contributed by atoms with E-state index in [1.165, 1.54) is 43.6 Å². The number of nitrogens with zero attached hydrogens (tertiary/aromatic N) is 1. The number of hydrogen-bond acceptors (Lipinski definition) is 1. The first-order chi connectivity index (χ1) is 9.00. The molecule has 2 rings (SSSR count). The van der Waals surface area contributed by atoms with Gasteiger partial charge in [0, 0.05) is 24.1 Å². The lowest BCUT2D eigenvalue weighted by atomic mass is 9.77. The summed E-state index contributed by atoms with van der Waals surface area (Å²) in [6.07, 6.45) is 4.02. The molecule has 0 radical (unpaired) electrons. The number of anilines is 1. The highest BCUT2D eigenvalue weighted by Gasteiger charge is 2.26. The van der Waals surface area contributed by atoms with Crippen LogP contribution in [0.15, 0.2) is 24.3 Å². The Bertz CT molecular complexity index is 391. The third-order valence-electron chi connectivity index (χ3n) is 4.41. The lowest BCUT2D eigenvalue weighted by molar-refractivity contribution is 0.220. The van der Waals surface area contributed by atoms with Crippen molar-refractivity contribution in [1.82, 2.24) is 0 Å². The fourth-order valence-electron chi connectivity index (χ4n) is 3.02. The van der Waals surface area contributed by atoms with Gasteiger partial charge in [0.15, 0.2) is 0 Å². The number of alkyl halides is 1. The Kier molecular flexibility index (Phi) is 4.94. The molecule has 0 aliphatic carbocycles. The molecular weight excluding hydrogens is 298 g/mol. The van der Waals surface area contributed by atoms with Crippen molar-refractivity contribution in [1.29, 1.82) is 0 Å². The van der Waals surface area contributed by atoms with Crippen molar-refractivity contribution < 1.29 is 0 Å². The predicted octanol–water partition coefficient (Wildman–Crippen LogP) is 5.23. The van der Waals surface area contributed by atoms with Crippen molar-refractivity contribution in [2.24, 2.45) is 11.3 Å². The number of rotatable bonds is 2. The molecule has 19 heavy (non-hydrogen) atoms. The normalized spacial score (nSPS) is 21.3. The monoisotopic (exact) mass is 323 g/mol. The molecule has 1 aromatic rings. The largest absolute Gasteiger partial charge is 0.372 e. The molecule has 0 N–H and O–H groups in total. The fourth-order valence-corrected chi connectivity index (χ4v) is 3.39. The van der Waals surface area contributed by atoms with Gasteiger partial charge in [-0.25, -0.2) is 0 Å². The molecule has 1 aromatic carbocycles. The van der Waals surface area contributed by atoms with Crippen LogP contribution in [0.25, 0.3) is 0 Å². The molecule has 0 bridgehead atoms. The Balaban J connectivity index is 2.02. The lowest BCUT2D eigenvalue weighted by Gasteiger charge is -2.30. The van der Waals surface area contributed by atoms with Crippen LogP contribution in [0.1, 0.15) is 45.6 Å². The van der Waals surface area contributed by atoms with Gasteiger partial charge < -0.3 is 4.90 Å². The molecule has 0 spiro atoms. The molecule has 0 amide bonds. The van der Waals surface area contributed by atoms with Crippen LogP contribution in [0, 0.1) is 11.3 Å². The first-order valence-electron chi connectivity index (χ1n) is 7.40. The van der Waals surface area contributed by atoms with Crippen LogP contribution in [-0.2, 0) is 5.33 Å². The number of hydrogen-bond donors (Lipinski definition) is 0. The lowest BCUT2D eigenvalue weighted by Crippen LogP contribution is -2.26. The van der Waals surface area contributed by atoms with Crippen molar-refractivity contribution in [3.05, 3.63) is 29.8 Å². The van der Waals surface area contributed by atoms with Gasteiger partial charge in [-0.15, -0.1) is 0 Å². The maximum absolute atomic E-state index is 3.51. The molecule has 1 nitrogen and oxygen atoms in total. The first kappa shape index (κ1) is 14.9. The Hall–Kier alpha value is -0.500. The molecule has 0 aromatic heterocycles. The summed E-state index contributed by atoms with van der Waals surface area (Å²) in [7, 11) is 0. The first-order valence-corrected chi connectivity index (χ1v) is 8.52. The second-order valence-electron chi connectivity index (χ2n) is 6.78. The van der Waals surface area contributed by atoms with Gasteiger partial charge in [-0.05, 0) is 48.3 Å². The third-order valence-corrected chi connectivity index (χ3v) is 5.06. The average Bonchev–Trinajstić information content (AvgIpc) is 2.64. The van der Waals surface area contributed by atoms with Crippen LogP contribution in [0.5, 0.6) is 0 Å². The standard InChI is InChI=1S/C17H26BrN/c1-17(2,3)15-5-4-11-19(12-10-15)16-8-6-14(13-18)7-9-16/h6-9,15H,4-5,10-13H2,1-3H3. The van der Waals surface area contributed by atoms with Gasteiger partial charge in [0.2, 0.25) is 0 Å². The van der Waals surface area contributed by atoms with Crippen molar-refractivity contribution in [3.8, 4) is 0 Å². The summed E-state index contributed by atoms with van der Waals surface area (Å²) in [6, 6.07) is 9.01. The van der Waals surface area contributed by atoms with Gasteiger partial charge in [0.25, 0.3) is 0 Å². The molecule has 1 aliphatic heterocycles. The molecule has 1 atom stereocenters. The highest BCUT2D eigenvalue weighted by Crippen LogP contribution is 2.35. The molecular formula is C17H26BrN. The molecule has 0 saturated carbocycles. The van der Waals surface area contributed by atoms with E-state index in [0.717, 1.165) is 11.2 Å². The molecule has 1 saturated heterocycles. The van der Waals surface area contributed by atoms with E-state index in [-0.39, 0.29) is 0 Å². The minimum Gasteiger partial charge on any atom is -0.372 e. The van der Waals surface area contributed by atoms with E-state index < -0.39 is 0 Å². The van der Waals surface area contributed by atoms with Crippen LogP contribution in [0.4, 0.5) is 5.69 Å². The SMILES string of the molecule is CC(C)(C)C1CCCN(c2ccc(CBr)cc2)CC1. The zero-order valence-electron chi connectivity index (χ0n) is 12.5. The van der Waals surface area contributed by atoms with Crippen molar-refractivity contribution in [3.63, 3.8) is 0 Å². The summed E-state index contributed by atoms with van der Waals surface area (Å²) >= 11 is 3.51. The highest BCUT2D eigenvalue weighted by molar-refractivity contribution is 9.08. The second-order valence-corrected chi connectivity index (χ2v) is 7.34. The molecule has 1 fully saturated rings. The Labute approximate surface area is 126 Å². The smallest absolute Gasteiger partial charge is 0.0366 e. The van der Waals surface area contributed by atoms with Crippen LogP contribution < -0.4 is 4.90 Å². The summed E-state index contributed by atoms with van der Waals surface area (Å²) in [5, 5.41) is 0.944. The third kappa shape index (κ3) is 3.98. The van der Waals surface area contributed by atoms with Crippen LogP contribution >= 0.6 is 15.9 Å². The van der Waals surface area contributed by atoms with Gasteiger partial charge in [-0.3, -0.25) is 0 Å². The molecule has 106 valence electrons. The van der Waals surface area contributed by atoms with Crippen LogP contribution in [0.3, 0.4) is 0 Å². The summed E-state index contributed by atoms with van der Waals surface area (Å²) in [4.78, 5) is 2.56. The van der Waals surface area contributed by atoms with Crippen LogP contribution in [-0.4, -0.2) is 13.1 Å². The summed E-state index contributed by atoms with van der Waals surface area (Å²) in [6.45, 7) is 9.57. The van der Waals surface area contributed by atoms with Gasteiger partial charge in [0.1, 0.15) is 0 Å². The van der Waals surface area contributed by atoms with Crippen molar-refractivity contribution in [2.75, 3.05) is 18.0 Å². The Morgan fingerprint density at radius 1 is 1.11 bits per heavy atom. The maximum Gasteiger partial charge on any atom is 0.0366 e. The Morgan fingerprint density at radius 2 is 1.79 bits per heavy atom. The van der Waals surface area contributed by atoms with Crippen LogP contribution in [0.2, 0.25) is 0 Å². The van der Waals surface area contributed by atoms with Gasteiger partial charge >= 0.3 is 0 Å². The van der Waals surface area contributed by atoms with E-state index in [9.17, 15) is 0 Å². The highest BCUT2D eigenvalue weighted by atomic mass is 79.9. The summed E-state index contributed by atoms with van der Waals surface area (Å²) in [5.74, 6) is 0.860. The zero-order chi connectivity index (χ0) is 13.9. The fraction of sp³-hybridized carbons (Fsp3) is 0.647. The van der Waals surface area contributed by atoms with Crippen molar-refractivity contribution >= 4 is 21.6 Å². The van der Waals surface area contributed by atoms with Gasteiger partial charge in [-0.2, -0.15) is 0 Å². The quantitative estimate of drug-likeness (QED) is 0.673. The van der Waals surface area contributed by atoms with Crippen molar-refractivity contribution in [2.45, 2.75) is 45.4 Å². The van der Waals surface area contributed by atoms with E-state index in [2.05, 4.69) is 65.9 Å². The Morgan fingerprint density at radius 3 is 2.37 bits per heavy atom. The molecule has 1 aliphatic rings. The maximum atomic E-state index is 3.51. The topological polar surface area (TPSA) is 3.24 Å². The summed E-state index contributed by atoms with van der Waals surface area (Å²) < 4.78 is 0. The summed E-state index contributed by atoms with van der Waals surface area (Å²) in [5.41, 5.74) is 3.20. The minimum atomic E-state index is 0.454. The molecule has 2 heteroatoms. The van der Waals surface area contributed by atoms with Gasteiger partial charge in [-0.1, -0.05) is 48.8 Å². The van der Waals surface area contributed by atoms with E-state index in [0.29, 0.717) is 5.41 Å². The molecule has 1 heterocycles. The molecule has 1 unspecified atom stereocenters. The average molecular weight is 324 g/mol. The van der Waals surface area contributed by atoms with E-state index in [4.69, 9.17) is 0 Å². The van der Waals surface area contributed by atoms with Gasteiger partial charge in [0.05, 0.1) is 0 Å². The van der Waals surface area contributed by atoms with E-state index in [1.807, 2.05) is 0 Å². The van der Waals surface area contributed by atoms with E-state index in [1.54, 1.807) is 0 Å².